The summed E-state index contributed by atoms with van der Waals surface area (Å²) in [5, 5.41) is 3.28. The van der Waals surface area contributed by atoms with Crippen LogP contribution in [-0.2, 0) is 0 Å². The third kappa shape index (κ3) is 1.86. The Morgan fingerprint density at radius 2 is 1.88 bits per heavy atom. The van der Waals surface area contributed by atoms with Crippen molar-refractivity contribution in [1.29, 1.82) is 0 Å². The minimum Gasteiger partial charge on any atom is -0.454 e. The lowest BCUT2D eigenvalue weighted by atomic mass is 10.0. The van der Waals surface area contributed by atoms with Crippen LogP contribution in [-0.4, -0.2) is 32.8 Å². The predicted molar refractivity (Wildman–Crippen MR) is 62.8 cm³/mol. The van der Waals surface area contributed by atoms with Crippen molar-refractivity contribution in [3.05, 3.63) is 23.3 Å². The summed E-state index contributed by atoms with van der Waals surface area (Å²) in [6.07, 6.45) is 0.189. The molecule has 1 N–H and O–H groups in total. The quantitative estimate of drug-likeness (QED) is 0.786. The van der Waals surface area contributed by atoms with Crippen molar-refractivity contribution < 1.29 is 9.47 Å². The maximum Gasteiger partial charge on any atom is 0.231 e. The fourth-order valence-corrected chi connectivity index (χ4v) is 2.05. The summed E-state index contributed by atoms with van der Waals surface area (Å²) in [6, 6.07) is 4.09. The molecule has 88 valence electrons. The molecular weight excluding hydrogens is 204 g/mol. The number of ether oxygens (including phenoxy) is 2. The van der Waals surface area contributed by atoms with Crippen molar-refractivity contribution in [2.75, 3.05) is 27.9 Å². The third-order valence-electron chi connectivity index (χ3n) is 2.85. The molecule has 0 aliphatic carbocycles. The van der Waals surface area contributed by atoms with Gasteiger partial charge in [0.2, 0.25) is 6.79 Å². The first kappa shape index (κ1) is 11.2. The zero-order chi connectivity index (χ0) is 11.7. The van der Waals surface area contributed by atoms with Crippen molar-refractivity contribution in [1.82, 2.24) is 10.2 Å². The summed E-state index contributed by atoms with van der Waals surface area (Å²) in [5.41, 5.74) is 2.43. The van der Waals surface area contributed by atoms with Crippen molar-refractivity contribution in [2.24, 2.45) is 0 Å². The van der Waals surface area contributed by atoms with Crippen LogP contribution in [0.4, 0.5) is 0 Å². The zero-order valence-electron chi connectivity index (χ0n) is 10.2. The predicted octanol–water partition coefficient (Wildman–Crippen LogP) is 1.50. The van der Waals surface area contributed by atoms with Gasteiger partial charge in [-0.3, -0.25) is 4.90 Å². The summed E-state index contributed by atoms with van der Waals surface area (Å²) in [7, 11) is 6.05. The van der Waals surface area contributed by atoms with Crippen LogP contribution in [0.1, 0.15) is 17.3 Å². The van der Waals surface area contributed by atoms with Crippen LogP contribution in [0.3, 0.4) is 0 Å². The Kier molecular flexibility index (Phi) is 3.03. The molecule has 1 aliphatic heterocycles. The summed E-state index contributed by atoms with van der Waals surface area (Å²) >= 11 is 0. The Morgan fingerprint density at radius 3 is 2.44 bits per heavy atom. The molecule has 4 heteroatoms. The van der Waals surface area contributed by atoms with E-state index < -0.39 is 0 Å². The zero-order valence-corrected chi connectivity index (χ0v) is 10.2. The van der Waals surface area contributed by atoms with E-state index >= 15 is 0 Å². The number of benzene rings is 1. The number of fused-ring (bicyclic) bond motifs is 1. The van der Waals surface area contributed by atoms with Crippen molar-refractivity contribution in [3.63, 3.8) is 0 Å². The van der Waals surface area contributed by atoms with Gasteiger partial charge in [-0.2, -0.15) is 0 Å². The average molecular weight is 222 g/mol. The largest absolute Gasteiger partial charge is 0.454 e. The van der Waals surface area contributed by atoms with E-state index in [0.717, 1.165) is 11.5 Å². The molecule has 0 fully saturated rings. The molecule has 1 unspecified atom stereocenters. The van der Waals surface area contributed by atoms with Crippen LogP contribution in [0.2, 0.25) is 0 Å². The second-order valence-electron chi connectivity index (χ2n) is 4.22. The first-order chi connectivity index (χ1) is 7.63. The lowest BCUT2D eigenvalue weighted by Gasteiger charge is -2.25. The van der Waals surface area contributed by atoms with Gasteiger partial charge in [0.15, 0.2) is 11.5 Å². The second kappa shape index (κ2) is 4.31. The number of hydrogen-bond donors (Lipinski definition) is 1. The van der Waals surface area contributed by atoms with Gasteiger partial charge in [0, 0.05) is 0 Å². The van der Waals surface area contributed by atoms with Gasteiger partial charge in [-0.05, 0) is 51.3 Å². The number of nitrogens with one attached hydrogen (secondary N) is 1. The van der Waals surface area contributed by atoms with Gasteiger partial charge >= 0.3 is 0 Å². The van der Waals surface area contributed by atoms with Crippen molar-refractivity contribution in [3.8, 4) is 11.5 Å². The molecule has 16 heavy (non-hydrogen) atoms. The number of aryl methyl sites for hydroxylation is 1. The van der Waals surface area contributed by atoms with E-state index in [2.05, 4.69) is 23.2 Å². The topological polar surface area (TPSA) is 33.7 Å². The molecule has 2 rings (SSSR count). The molecular formula is C12H18N2O2. The molecule has 4 nitrogen and oxygen atoms in total. The molecule has 0 saturated heterocycles. The highest BCUT2D eigenvalue weighted by atomic mass is 16.7. The molecule has 0 radical (unpaired) electrons. The number of rotatable bonds is 3. The van der Waals surface area contributed by atoms with E-state index in [1.54, 1.807) is 0 Å². The van der Waals surface area contributed by atoms with Crippen molar-refractivity contribution in [2.45, 2.75) is 13.1 Å². The molecule has 0 aromatic heterocycles. The lowest BCUT2D eigenvalue weighted by Crippen LogP contribution is -2.31. The molecule has 1 aliphatic rings. The normalized spacial score (nSPS) is 15.6. The Morgan fingerprint density at radius 1 is 1.25 bits per heavy atom. The highest BCUT2D eigenvalue weighted by Crippen LogP contribution is 2.36. The van der Waals surface area contributed by atoms with Gasteiger partial charge in [-0.1, -0.05) is 0 Å². The molecule has 1 aromatic rings. The maximum atomic E-state index is 5.40. The smallest absolute Gasteiger partial charge is 0.231 e. The van der Waals surface area contributed by atoms with E-state index in [1.165, 1.54) is 11.1 Å². The number of nitrogens with zero attached hydrogens (tertiary/aromatic N) is 1. The summed E-state index contributed by atoms with van der Waals surface area (Å²) in [4.78, 5) is 2.13. The fraction of sp³-hybridized carbons (Fsp3) is 0.500. The Labute approximate surface area is 96.2 Å². The van der Waals surface area contributed by atoms with Crippen molar-refractivity contribution >= 4 is 0 Å². The maximum absolute atomic E-state index is 5.40. The molecule has 0 amide bonds. The molecule has 1 heterocycles. The molecule has 0 spiro atoms. The first-order valence-corrected chi connectivity index (χ1v) is 5.37. The van der Waals surface area contributed by atoms with Crippen LogP contribution in [0, 0.1) is 6.92 Å². The van der Waals surface area contributed by atoms with Crippen LogP contribution in [0.25, 0.3) is 0 Å². The van der Waals surface area contributed by atoms with E-state index in [-0.39, 0.29) is 6.17 Å². The Bertz CT molecular complexity index is 391. The minimum absolute atomic E-state index is 0.189. The van der Waals surface area contributed by atoms with E-state index in [9.17, 15) is 0 Å². The SMILES string of the molecule is CNC(c1cc2c(cc1C)OCO2)N(C)C. The molecule has 0 bridgehead atoms. The molecule has 0 saturated carbocycles. The third-order valence-corrected chi connectivity index (χ3v) is 2.85. The Balaban J connectivity index is 2.40. The summed E-state index contributed by atoms with van der Waals surface area (Å²) < 4.78 is 10.8. The summed E-state index contributed by atoms with van der Waals surface area (Å²) in [5.74, 6) is 1.68. The van der Waals surface area contributed by atoms with Gasteiger partial charge in [0.25, 0.3) is 0 Å². The highest BCUT2D eigenvalue weighted by molar-refractivity contribution is 5.49. The monoisotopic (exact) mass is 222 g/mol. The second-order valence-corrected chi connectivity index (χ2v) is 4.22. The van der Waals surface area contributed by atoms with E-state index in [4.69, 9.17) is 9.47 Å². The fourth-order valence-electron chi connectivity index (χ4n) is 2.05. The average Bonchev–Trinajstić information content (AvgIpc) is 2.65. The number of hydrogen-bond acceptors (Lipinski definition) is 4. The van der Waals surface area contributed by atoms with Crippen LogP contribution >= 0.6 is 0 Å². The molecule has 1 aromatic carbocycles. The minimum atomic E-state index is 0.189. The van der Waals surface area contributed by atoms with E-state index in [1.807, 2.05) is 27.2 Å². The van der Waals surface area contributed by atoms with Crippen LogP contribution in [0.15, 0.2) is 12.1 Å². The standard InChI is InChI=1S/C12H18N2O2/c1-8-5-10-11(16-7-15-10)6-9(8)12(13-2)14(3)4/h5-6,12-13H,7H2,1-4H3. The summed E-state index contributed by atoms with van der Waals surface area (Å²) in [6.45, 7) is 2.41. The van der Waals surface area contributed by atoms with Gasteiger partial charge < -0.3 is 14.8 Å². The first-order valence-electron chi connectivity index (χ1n) is 5.37. The highest BCUT2D eigenvalue weighted by Gasteiger charge is 2.20. The molecule has 1 atom stereocenters. The van der Waals surface area contributed by atoms with Gasteiger partial charge in [-0.25, -0.2) is 0 Å². The van der Waals surface area contributed by atoms with Crippen LogP contribution in [0.5, 0.6) is 11.5 Å². The van der Waals surface area contributed by atoms with E-state index in [0.29, 0.717) is 6.79 Å². The Hall–Kier alpha value is -1.26. The van der Waals surface area contributed by atoms with Crippen LogP contribution < -0.4 is 14.8 Å². The van der Waals surface area contributed by atoms with Gasteiger partial charge in [0.05, 0.1) is 6.17 Å². The lowest BCUT2D eigenvalue weighted by molar-refractivity contribution is 0.173. The van der Waals surface area contributed by atoms with Gasteiger partial charge in [-0.15, -0.1) is 0 Å². The van der Waals surface area contributed by atoms with Gasteiger partial charge in [0.1, 0.15) is 0 Å².